The van der Waals surface area contributed by atoms with Crippen molar-refractivity contribution >= 4 is 11.6 Å². The molecule has 4 aliphatic carbocycles. The number of allylic oxidation sites excluding steroid dienone is 4. The smallest absolute Gasteiger partial charge is 0.178 e. The molecule has 5 rings (SSSR count). The highest BCUT2D eigenvalue weighted by Crippen LogP contribution is 2.69. The topological polar surface area (TPSA) is 72.8 Å². The Bertz CT molecular complexity index is 844. The van der Waals surface area contributed by atoms with Gasteiger partial charge in [0.25, 0.3) is 0 Å². The maximum absolute atomic E-state index is 13.1. The molecule has 4 fully saturated rings. The second-order valence-electron chi connectivity index (χ2n) is 10.7. The molecule has 1 aliphatic heterocycles. The second kappa shape index (κ2) is 6.60. The van der Waals surface area contributed by atoms with Crippen LogP contribution in [0.25, 0.3) is 0 Å². The number of fused-ring (bicyclic) bond motifs is 7. The number of hydrogen-bond acceptors (Lipinski definition) is 5. The Morgan fingerprint density at radius 2 is 2.10 bits per heavy atom. The molecule has 0 amide bonds. The van der Waals surface area contributed by atoms with Crippen LogP contribution in [0, 0.1) is 28.6 Å². The van der Waals surface area contributed by atoms with Gasteiger partial charge in [-0.15, -0.1) is 0 Å². The van der Waals surface area contributed by atoms with Crippen LogP contribution in [0.1, 0.15) is 66.2 Å². The van der Waals surface area contributed by atoms with Crippen molar-refractivity contribution in [2.75, 3.05) is 0 Å². The van der Waals surface area contributed by atoms with Crippen LogP contribution < -0.4 is 0 Å². The van der Waals surface area contributed by atoms with Gasteiger partial charge in [-0.05, 0) is 63.0 Å². The van der Waals surface area contributed by atoms with Crippen LogP contribution in [0.4, 0.5) is 0 Å². The number of carbonyl (C=O) groups excluding carboxylic acids is 2. The number of aliphatic hydroxyl groups excluding tert-OH is 1. The maximum Gasteiger partial charge on any atom is 0.178 e. The lowest BCUT2D eigenvalue weighted by molar-refractivity contribution is -0.198. The predicted octanol–water partition coefficient (Wildman–Crippen LogP) is 3.74. The number of ketones is 2. The van der Waals surface area contributed by atoms with Gasteiger partial charge in [0.2, 0.25) is 0 Å². The van der Waals surface area contributed by atoms with Crippen LogP contribution in [0.3, 0.4) is 0 Å². The van der Waals surface area contributed by atoms with Gasteiger partial charge in [0, 0.05) is 16.7 Å². The van der Waals surface area contributed by atoms with Gasteiger partial charge in [-0.3, -0.25) is 9.59 Å². The Morgan fingerprint density at radius 1 is 1.33 bits per heavy atom. The zero-order chi connectivity index (χ0) is 21.5. The number of hydrogen-bond donors (Lipinski definition) is 1. The van der Waals surface area contributed by atoms with Crippen LogP contribution in [0.2, 0.25) is 0 Å². The van der Waals surface area contributed by atoms with Gasteiger partial charge in [-0.25, -0.2) is 0 Å². The van der Waals surface area contributed by atoms with E-state index in [0.29, 0.717) is 6.42 Å². The van der Waals surface area contributed by atoms with E-state index in [1.165, 1.54) is 0 Å². The largest absolute Gasteiger partial charge is 0.393 e. The number of carbonyl (C=O) groups is 2. The summed E-state index contributed by atoms with van der Waals surface area (Å²) in [6.45, 7) is 8.06. The molecule has 0 radical (unpaired) electrons. The SMILES string of the molecule is CCCC1O[C@@H]2CC3C4CCC5=CC(=O)C=C[C@]5(C)C4[C@@H](O)C[C@]3(C)[C@]2(C(C)=O)O1. The van der Waals surface area contributed by atoms with Crippen molar-refractivity contribution in [1.82, 2.24) is 0 Å². The lowest BCUT2D eigenvalue weighted by atomic mass is 9.46. The van der Waals surface area contributed by atoms with Gasteiger partial charge in [0.15, 0.2) is 23.5 Å². The molecule has 9 atom stereocenters. The fourth-order valence-electron chi connectivity index (χ4n) is 8.15. The Morgan fingerprint density at radius 3 is 2.80 bits per heavy atom. The van der Waals surface area contributed by atoms with Crippen molar-refractivity contribution < 1.29 is 24.2 Å². The van der Waals surface area contributed by atoms with Crippen LogP contribution in [0.15, 0.2) is 23.8 Å². The third-order valence-electron chi connectivity index (χ3n) is 9.34. The molecule has 0 aromatic carbocycles. The quantitative estimate of drug-likeness (QED) is 0.762. The van der Waals surface area contributed by atoms with Crippen LogP contribution in [0.5, 0.6) is 0 Å². The van der Waals surface area contributed by atoms with E-state index in [-0.39, 0.29) is 47.1 Å². The molecule has 0 aromatic rings. The number of Topliss-reactive ketones (excluding diaryl/α,β-unsaturated/α-hetero) is 1. The minimum atomic E-state index is -0.959. The molecule has 4 unspecified atom stereocenters. The van der Waals surface area contributed by atoms with Gasteiger partial charge in [-0.1, -0.05) is 38.8 Å². The molecule has 3 saturated carbocycles. The summed E-state index contributed by atoms with van der Waals surface area (Å²) in [6, 6.07) is 0. The van der Waals surface area contributed by atoms with Crippen LogP contribution in [-0.2, 0) is 19.1 Å². The van der Waals surface area contributed by atoms with Crippen molar-refractivity contribution in [2.24, 2.45) is 28.6 Å². The summed E-state index contributed by atoms with van der Waals surface area (Å²) < 4.78 is 12.8. The van der Waals surface area contributed by atoms with E-state index in [9.17, 15) is 14.7 Å². The number of aliphatic hydroxyl groups is 1. The van der Waals surface area contributed by atoms with Gasteiger partial charge in [0.05, 0.1) is 12.2 Å². The van der Waals surface area contributed by atoms with E-state index in [1.54, 1.807) is 19.1 Å². The number of ether oxygens (including phenoxy) is 2. The zero-order valence-corrected chi connectivity index (χ0v) is 18.5. The second-order valence-corrected chi connectivity index (χ2v) is 10.7. The summed E-state index contributed by atoms with van der Waals surface area (Å²) in [5.41, 5.74) is -0.559. The lowest BCUT2D eigenvalue weighted by Gasteiger charge is -2.59. The summed E-state index contributed by atoms with van der Waals surface area (Å²) in [5.74, 6) is 0.664. The third kappa shape index (κ3) is 2.40. The van der Waals surface area contributed by atoms with E-state index in [4.69, 9.17) is 9.47 Å². The Hall–Kier alpha value is -1.30. The van der Waals surface area contributed by atoms with Gasteiger partial charge in [-0.2, -0.15) is 0 Å². The molecule has 5 nitrogen and oxygen atoms in total. The Kier molecular flexibility index (Phi) is 4.53. The molecule has 5 aliphatic rings. The summed E-state index contributed by atoms with van der Waals surface area (Å²) in [6.07, 6.45) is 9.21. The lowest BCUT2D eigenvalue weighted by Crippen LogP contribution is -2.62. The molecule has 1 N–H and O–H groups in total. The molecular weight excluding hydrogens is 380 g/mol. The van der Waals surface area contributed by atoms with Gasteiger partial charge >= 0.3 is 0 Å². The fourth-order valence-corrected chi connectivity index (χ4v) is 8.15. The minimum absolute atomic E-state index is 0.0347. The molecule has 164 valence electrons. The zero-order valence-electron chi connectivity index (χ0n) is 18.5. The van der Waals surface area contributed by atoms with E-state index in [1.807, 2.05) is 6.08 Å². The first kappa shape index (κ1) is 20.6. The predicted molar refractivity (Wildman–Crippen MR) is 111 cm³/mol. The van der Waals surface area contributed by atoms with Crippen LogP contribution >= 0.6 is 0 Å². The monoisotopic (exact) mass is 414 g/mol. The first-order valence-corrected chi connectivity index (χ1v) is 11.6. The molecule has 1 heterocycles. The van der Waals surface area contributed by atoms with E-state index in [2.05, 4.69) is 20.8 Å². The van der Waals surface area contributed by atoms with Crippen molar-refractivity contribution in [3.05, 3.63) is 23.8 Å². The molecule has 0 bridgehead atoms. The third-order valence-corrected chi connectivity index (χ3v) is 9.34. The average molecular weight is 415 g/mol. The minimum Gasteiger partial charge on any atom is -0.393 e. The highest BCUT2D eigenvalue weighted by molar-refractivity contribution is 6.01. The summed E-state index contributed by atoms with van der Waals surface area (Å²) in [7, 11) is 0. The van der Waals surface area contributed by atoms with Crippen molar-refractivity contribution in [3.63, 3.8) is 0 Å². The van der Waals surface area contributed by atoms with Crippen molar-refractivity contribution in [2.45, 2.75) is 90.3 Å². The van der Waals surface area contributed by atoms with Crippen molar-refractivity contribution in [1.29, 1.82) is 0 Å². The highest BCUT2D eigenvalue weighted by atomic mass is 16.7. The summed E-state index contributed by atoms with van der Waals surface area (Å²) in [5, 5.41) is 11.5. The Labute approximate surface area is 178 Å². The molecule has 30 heavy (non-hydrogen) atoms. The van der Waals surface area contributed by atoms with E-state index < -0.39 is 17.1 Å². The average Bonchev–Trinajstić information content (AvgIpc) is 3.15. The molecule has 5 heteroatoms. The van der Waals surface area contributed by atoms with Gasteiger partial charge < -0.3 is 14.6 Å². The van der Waals surface area contributed by atoms with E-state index in [0.717, 1.165) is 37.7 Å². The van der Waals surface area contributed by atoms with Gasteiger partial charge in [0.1, 0.15) is 0 Å². The normalized spacial score (nSPS) is 51.6. The number of rotatable bonds is 3. The molecular formula is C25H34O5. The molecule has 0 spiro atoms. The fraction of sp³-hybridized carbons (Fsp3) is 0.760. The highest BCUT2D eigenvalue weighted by Gasteiger charge is 2.75. The Balaban J connectivity index is 1.55. The van der Waals surface area contributed by atoms with Crippen LogP contribution in [-0.4, -0.2) is 40.8 Å². The summed E-state index contributed by atoms with van der Waals surface area (Å²) in [4.78, 5) is 25.1. The molecule has 0 aromatic heterocycles. The first-order chi connectivity index (χ1) is 14.2. The molecule has 1 saturated heterocycles. The first-order valence-electron chi connectivity index (χ1n) is 11.6. The van der Waals surface area contributed by atoms with E-state index >= 15 is 0 Å². The standard InChI is InChI=1S/C25H34O5/c1-5-6-21-29-20-12-18-17-8-7-15-11-16(27)9-10-23(15,3)22(17)19(28)13-24(18,4)25(20,30-21)14(2)26/h9-11,17-22,28H,5-8,12-13H2,1-4H3/t17?,18?,19-,20+,21?,22?,23-,24-,25+/m0/s1. The van der Waals surface area contributed by atoms with Crippen molar-refractivity contribution in [3.8, 4) is 0 Å². The maximum atomic E-state index is 13.1. The summed E-state index contributed by atoms with van der Waals surface area (Å²) >= 11 is 0.